The molecule has 1 fully saturated rings. The van der Waals surface area contributed by atoms with Gasteiger partial charge in [0.15, 0.2) is 11.4 Å². The number of phenols is 1. The first kappa shape index (κ1) is 28.4. The molecule has 3 aliphatic carbocycles. The molecule has 0 bridgehead atoms. The lowest BCUT2D eigenvalue weighted by molar-refractivity contribution is -0.153. The standard InChI is InChI=1S/C29H33N5O7/c1-31-28-11-15-17(32(2)3)10-14(13-34-8-6-7-9-34)22(35)18(15)23(36)20(28)26(39)29(41)16(12-28)21(33(4)5)24(37)19(25(29)38)27(30)40/h1,6-7,10,16,21,41H,8-9,11-13H2,2-5H3,(H4-,30,35,36,37,38,39,40)/p+1/t16-,21?,28+,29+/m0/s1. The van der Waals surface area contributed by atoms with Crippen LogP contribution in [0, 0.1) is 12.5 Å². The van der Waals surface area contributed by atoms with Gasteiger partial charge >= 0.3 is 5.54 Å². The van der Waals surface area contributed by atoms with Crippen LogP contribution in [0.4, 0.5) is 5.69 Å². The average molecular weight is 565 g/mol. The Labute approximate surface area is 237 Å². The summed E-state index contributed by atoms with van der Waals surface area (Å²) < 4.78 is 0. The summed E-state index contributed by atoms with van der Waals surface area (Å²) in [6.07, 6.45) is 3.72. The number of fused-ring (bicyclic) bond motifs is 3. The number of aliphatic hydroxyl groups excluding tert-OH is 2. The van der Waals surface area contributed by atoms with Crippen LogP contribution in [0.5, 0.6) is 5.75 Å². The van der Waals surface area contributed by atoms with Crippen LogP contribution in [0.1, 0.15) is 23.1 Å². The number of aliphatic hydroxyl groups is 3. The second-order valence-corrected chi connectivity index (χ2v) is 11.6. The highest BCUT2D eigenvalue weighted by Crippen LogP contribution is 2.57. The zero-order valence-electron chi connectivity index (χ0n) is 23.4. The minimum Gasteiger partial charge on any atom is -0.508 e. The number of benzene rings is 1. The summed E-state index contributed by atoms with van der Waals surface area (Å²) in [5.41, 5.74) is 1.31. The Balaban J connectivity index is 1.79. The lowest BCUT2D eigenvalue weighted by Crippen LogP contribution is -2.68. The molecule has 1 amide bonds. The van der Waals surface area contributed by atoms with Crippen molar-refractivity contribution in [3.05, 3.63) is 56.7 Å². The highest BCUT2D eigenvalue weighted by Gasteiger charge is 2.72. The third-order valence-corrected chi connectivity index (χ3v) is 8.85. The normalized spacial score (nSPS) is 29.4. The number of primary amides is 1. The summed E-state index contributed by atoms with van der Waals surface area (Å²) in [6.45, 7) is 7.70. The number of amides is 1. The van der Waals surface area contributed by atoms with E-state index in [9.17, 15) is 34.8 Å². The van der Waals surface area contributed by atoms with Crippen molar-refractivity contribution in [1.29, 1.82) is 0 Å². The van der Waals surface area contributed by atoms with Gasteiger partial charge < -0.3 is 31.1 Å². The molecule has 0 spiro atoms. The van der Waals surface area contributed by atoms with Crippen LogP contribution in [-0.4, -0.2) is 106 Å². The topological polar surface area (TPSA) is 172 Å². The highest BCUT2D eigenvalue weighted by molar-refractivity contribution is 6.25. The molecule has 1 unspecified atom stereocenters. The van der Waals surface area contributed by atoms with Crippen LogP contribution < -0.4 is 10.6 Å². The molecule has 216 valence electrons. The number of phenolic OH excluding ortho intramolecular Hbond substituents is 1. The van der Waals surface area contributed by atoms with Gasteiger partial charge in [-0.05, 0) is 25.7 Å². The van der Waals surface area contributed by atoms with Crippen molar-refractivity contribution in [3.8, 4) is 12.3 Å². The molecule has 4 atom stereocenters. The summed E-state index contributed by atoms with van der Waals surface area (Å²) in [5, 5.41) is 46.2. The number of likely N-dealkylation sites (N-methyl/N-ethyl adjacent to an activating group) is 1. The first-order valence-electron chi connectivity index (χ1n) is 13.2. The molecule has 6 N–H and O–H groups in total. The van der Waals surface area contributed by atoms with Crippen molar-refractivity contribution in [2.75, 3.05) is 46.2 Å². The molecular formula is C29H34N5O7+. The molecule has 41 heavy (non-hydrogen) atoms. The number of ketones is 2. The number of hydrogen-bond donors (Lipinski definition) is 5. The summed E-state index contributed by atoms with van der Waals surface area (Å²) >= 11 is 0. The van der Waals surface area contributed by atoms with Gasteiger partial charge in [-0.3, -0.25) is 24.2 Å². The van der Waals surface area contributed by atoms with E-state index in [1.165, 1.54) is 19.0 Å². The van der Waals surface area contributed by atoms with E-state index in [0.717, 1.165) is 0 Å². The molecular weight excluding hydrogens is 530 g/mol. The van der Waals surface area contributed by atoms with Crippen LogP contribution >= 0.6 is 0 Å². The molecule has 1 aromatic rings. The highest BCUT2D eigenvalue weighted by atomic mass is 16.3. The summed E-state index contributed by atoms with van der Waals surface area (Å²) in [7, 11) is 6.66. The summed E-state index contributed by atoms with van der Waals surface area (Å²) in [6, 6.07) is 0.570. The SMILES string of the molecule is C#[N+][C@@]12Cc3c(N(C)C)cc(CN4CC=CC4)c(O)c3C(O)=C1C(=O)[C@]1(O)C(O)=C(C(N)=O)C(=O)C(N(C)C)[C@@H]1C2. The first-order valence-corrected chi connectivity index (χ1v) is 13.2. The van der Waals surface area contributed by atoms with E-state index in [1.807, 2.05) is 23.1 Å². The maximum Gasteiger partial charge on any atom is 0.317 e. The Kier molecular flexibility index (Phi) is 6.53. The Morgan fingerprint density at radius 3 is 2.34 bits per heavy atom. The van der Waals surface area contributed by atoms with E-state index in [-0.39, 0.29) is 24.2 Å². The monoisotopic (exact) mass is 564 g/mol. The van der Waals surface area contributed by atoms with E-state index in [4.69, 9.17) is 12.3 Å². The number of Topliss-reactive ketones (excluding diaryl/α,β-unsaturated/α-hetero) is 2. The molecule has 0 aromatic heterocycles. The van der Waals surface area contributed by atoms with Crippen molar-refractivity contribution in [2.24, 2.45) is 11.7 Å². The molecule has 1 aromatic carbocycles. The lowest BCUT2D eigenvalue weighted by atomic mass is 9.54. The zero-order valence-corrected chi connectivity index (χ0v) is 23.4. The number of aromatic hydroxyl groups is 1. The van der Waals surface area contributed by atoms with Crippen LogP contribution in [0.15, 0.2) is 35.1 Å². The van der Waals surface area contributed by atoms with Gasteiger partial charge in [0, 0.05) is 57.3 Å². The summed E-state index contributed by atoms with van der Waals surface area (Å²) in [5.74, 6) is -6.70. The van der Waals surface area contributed by atoms with E-state index in [1.54, 1.807) is 14.1 Å². The number of nitrogens with two attached hydrogens (primary N) is 1. The molecule has 4 aliphatic rings. The van der Waals surface area contributed by atoms with Gasteiger partial charge in [0.25, 0.3) is 12.5 Å². The average Bonchev–Trinajstić information content (AvgIpc) is 3.40. The fourth-order valence-corrected chi connectivity index (χ4v) is 6.94. The van der Waals surface area contributed by atoms with Crippen molar-refractivity contribution in [3.63, 3.8) is 0 Å². The minimum absolute atomic E-state index is 0.00216. The third-order valence-electron chi connectivity index (χ3n) is 8.85. The van der Waals surface area contributed by atoms with Crippen molar-refractivity contribution >= 4 is 28.9 Å². The van der Waals surface area contributed by atoms with E-state index in [0.29, 0.717) is 36.4 Å². The Morgan fingerprint density at radius 2 is 1.80 bits per heavy atom. The van der Waals surface area contributed by atoms with Gasteiger partial charge in [0.2, 0.25) is 5.78 Å². The van der Waals surface area contributed by atoms with Crippen LogP contribution in [0.3, 0.4) is 0 Å². The number of carbonyl (C=O) groups excluding carboxylic acids is 3. The van der Waals surface area contributed by atoms with Crippen LogP contribution in [0.25, 0.3) is 10.6 Å². The smallest absolute Gasteiger partial charge is 0.317 e. The second kappa shape index (κ2) is 9.44. The van der Waals surface area contributed by atoms with Gasteiger partial charge in [-0.1, -0.05) is 17.0 Å². The van der Waals surface area contributed by atoms with Gasteiger partial charge in [0.05, 0.1) is 18.0 Å². The molecule has 0 saturated heterocycles. The Hall–Kier alpha value is -4.18. The van der Waals surface area contributed by atoms with Crippen LogP contribution in [-0.2, 0) is 27.3 Å². The van der Waals surface area contributed by atoms with Gasteiger partial charge in [-0.25, -0.2) is 0 Å². The third kappa shape index (κ3) is 3.80. The molecule has 12 heteroatoms. The van der Waals surface area contributed by atoms with Gasteiger partial charge in [0.1, 0.15) is 28.4 Å². The Bertz CT molecular complexity index is 1530. The molecule has 5 rings (SSSR count). The number of hydrogen-bond acceptors (Lipinski definition) is 10. The Morgan fingerprint density at radius 1 is 1.17 bits per heavy atom. The largest absolute Gasteiger partial charge is 0.508 e. The molecule has 12 nitrogen and oxygen atoms in total. The lowest BCUT2D eigenvalue weighted by Gasteiger charge is -2.49. The predicted octanol–water partition coefficient (Wildman–Crippen LogP) is 0.487. The second-order valence-electron chi connectivity index (χ2n) is 11.6. The zero-order chi connectivity index (χ0) is 30.2. The van der Waals surface area contributed by atoms with Crippen molar-refractivity contribution < 1.29 is 34.8 Å². The number of rotatable bonds is 5. The fraction of sp³-hybridized carbons (Fsp3) is 0.448. The number of carbonyl (C=O) groups is 3. The first-order chi connectivity index (χ1) is 19.2. The number of nitrogens with zero attached hydrogens (tertiary/aromatic N) is 4. The maximum absolute atomic E-state index is 14.3. The summed E-state index contributed by atoms with van der Waals surface area (Å²) in [4.78, 5) is 49.2. The number of anilines is 1. The molecule has 1 aliphatic heterocycles. The molecule has 1 saturated carbocycles. The minimum atomic E-state index is -2.79. The predicted molar refractivity (Wildman–Crippen MR) is 151 cm³/mol. The van der Waals surface area contributed by atoms with Crippen molar-refractivity contribution in [2.45, 2.75) is 36.6 Å². The van der Waals surface area contributed by atoms with E-state index in [2.05, 4.69) is 9.74 Å². The van der Waals surface area contributed by atoms with E-state index < -0.39 is 63.2 Å². The molecule has 1 heterocycles. The fourth-order valence-electron chi connectivity index (χ4n) is 6.94. The van der Waals surface area contributed by atoms with E-state index >= 15 is 0 Å². The quantitative estimate of drug-likeness (QED) is 0.250. The maximum atomic E-state index is 14.3. The van der Waals surface area contributed by atoms with Crippen molar-refractivity contribution in [1.82, 2.24) is 9.80 Å². The molecule has 0 radical (unpaired) electrons. The van der Waals surface area contributed by atoms with Crippen LogP contribution in [0.2, 0.25) is 0 Å². The van der Waals surface area contributed by atoms with Gasteiger partial charge in [-0.15, -0.1) is 0 Å². The van der Waals surface area contributed by atoms with Gasteiger partial charge in [-0.2, -0.15) is 0 Å².